The molecule has 0 aliphatic rings. The molecule has 1 aromatic carbocycles. The summed E-state index contributed by atoms with van der Waals surface area (Å²) in [5.41, 5.74) is 2.56. The van der Waals surface area contributed by atoms with Crippen molar-refractivity contribution >= 4 is 51.7 Å². The second-order valence-electron chi connectivity index (χ2n) is 4.88. The maximum absolute atomic E-state index is 12.2. The minimum atomic E-state index is -0.214. The van der Waals surface area contributed by atoms with Crippen LogP contribution in [0.25, 0.3) is 10.4 Å². The van der Waals surface area contributed by atoms with Crippen LogP contribution in [0.3, 0.4) is 0 Å². The molecule has 0 radical (unpaired) electrons. The van der Waals surface area contributed by atoms with Crippen molar-refractivity contribution in [2.45, 2.75) is 6.92 Å². The molecular formula is C17H12ClNO2S2. The van der Waals surface area contributed by atoms with Crippen LogP contribution in [0.15, 0.2) is 46.5 Å². The number of Topliss-reactive ketones (excluding diaryl/α,β-unsaturated/α-hetero) is 1. The summed E-state index contributed by atoms with van der Waals surface area (Å²) >= 11 is 8.79. The molecule has 116 valence electrons. The van der Waals surface area contributed by atoms with Crippen LogP contribution < -0.4 is 5.32 Å². The minimum Gasteiger partial charge on any atom is -0.321 e. The number of carbonyl (C=O) groups excluding carboxylic acids is 2. The molecule has 2 heterocycles. The quantitative estimate of drug-likeness (QED) is 0.616. The predicted molar refractivity (Wildman–Crippen MR) is 97.0 cm³/mol. The largest absolute Gasteiger partial charge is 0.321 e. The van der Waals surface area contributed by atoms with E-state index in [1.54, 1.807) is 29.0 Å². The van der Waals surface area contributed by atoms with Crippen LogP contribution >= 0.6 is 34.3 Å². The Balaban J connectivity index is 1.97. The van der Waals surface area contributed by atoms with Gasteiger partial charge in [0.1, 0.15) is 0 Å². The Hall–Kier alpha value is -1.95. The molecular weight excluding hydrogens is 350 g/mol. The zero-order chi connectivity index (χ0) is 16.4. The average molecular weight is 362 g/mol. The van der Waals surface area contributed by atoms with Crippen LogP contribution in [-0.2, 0) is 0 Å². The molecule has 0 aliphatic heterocycles. The van der Waals surface area contributed by atoms with Crippen molar-refractivity contribution in [3.8, 4) is 10.4 Å². The number of anilines is 1. The number of carbonyl (C=O) groups is 2. The fourth-order valence-electron chi connectivity index (χ4n) is 2.20. The van der Waals surface area contributed by atoms with Gasteiger partial charge in [-0.3, -0.25) is 9.59 Å². The van der Waals surface area contributed by atoms with Gasteiger partial charge in [-0.05, 0) is 36.1 Å². The summed E-state index contributed by atoms with van der Waals surface area (Å²) in [6.07, 6.45) is 0. The molecule has 3 aromatic rings. The highest BCUT2D eigenvalue weighted by molar-refractivity contribution is 7.14. The molecule has 2 aromatic heterocycles. The molecule has 0 spiro atoms. The number of rotatable bonds is 4. The van der Waals surface area contributed by atoms with E-state index in [9.17, 15) is 9.59 Å². The molecule has 0 fully saturated rings. The van der Waals surface area contributed by atoms with Crippen molar-refractivity contribution in [3.63, 3.8) is 0 Å². The van der Waals surface area contributed by atoms with Gasteiger partial charge in [-0.1, -0.05) is 23.7 Å². The first-order valence-electron chi connectivity index (χ1n) is 6.78. The lowest BCUT2D eigenvalue weighted by Gasteiger charge is -2.06. The molecule has 0 bridgehead atoms. The van der Waals surface area contributed by atoms with Gasteiger partial charge < -0.3 is 5.32 Å². The highest BCUT2D eigenvalue weighted by atomic mass is 35.5. The van der Waals surface area contributed by atoms with Crippen molar-refractivity contribution < 1.29 is 9.59 Å². The highest BCUT2D eigenvalue weighted by Crippen LogP contribution is 2.37. The maximum atomic E-state index is 12.2. The maximum Gasteiger partial charge on any atom is 0.256 e. The molecule has 0 unspecified atom stereocenters. The summed E-state index contributed by atoms with van der Waals surface area (Å²) in [6, 6.07) is 9.05. The summed E-state index contributed by atoms with van der Waals surface area (Å²) in [5, 5.41) is 8.88. The summed E-state index contributed by atoms with van der Waals surface area (Å²) < 4.78 is 0. The second kappa shape index (κ2) is 6.66. The molecule has 3 rings (SSSR count). The minimum absolute atomic E-state index is 0.0863. The van der Waals surface area contributed by atoms with Gasteiger partial charge in [-0.25, -0.2) is 0 Å². The average Bonchev–Trinajstić information content (AvgIpc) is 3.17. The lowest BCUT2D eigenvalue weighted by molar-refractivity contribution is 0.101. The van der Waals surface area contributed by atoms with Crippen LogP contribution in [0.5, 0.6) is 0 Å². The van der Waals surface area contributed by atoms with Crippen LogP contribution in [-0.4, -0.2) is 11.7 Å². The van der Waals surface area contributed by atoms with Crippen molar-refractivity contribution in [2.24, 2.45) is 0 Å². The van der Waals surface area contributed by atoms with E-state index in [4.69, 9.17) is 11.6 Å². The summed E-state index contributed by atoms with van der Waals surface area (Å²) in [7, 11) is 0. The summed E-state index contributed by atoms with van der Waals surface area (Å²) in [4.78, 5) is 25.1. The SMILES string of the molecule is CC(=O)c1c(NC(=O)c2ccsc2)csc1-c1ccc(Cl)cc1. The number of benzene rings is 1. The number of amides is 1. The van der Waals surface area contributed by atoms with E-state index in [1.807, 2.05) is 17.5 Å². The van der Waals surface area contributed by atoms with Crippen LogP contribution in [0.4, 0.5) is 5.69 Å². The number of hydrogen-bond donors (Lipinski definition) is 1. The Morgan fingerprint density at radius 1 is 1.09 bits per heavy atom. The van der Waals surface area contributed by atoms with E-state index in [0.29, 0.717) is 21.8 Å². The Morgan fingerprint density at radius 2 is 1.83 bits per heavy atom. The summed E-state index contributed by atoms with van der Waals surface area (Å²) in [5.74, 6) is -0.300. The Bertz CT molecular complexity index is 851. The topological polar surface area (TPSA) is 46.2 Å². The first-order chi connectivity index (χ1) is 11.1. The molecule has 0 aliphatic carbocycles. The van der Waals surface area contributed by atoms with Crippen molar-refractivity contribution in [1.29, 1.82) is 0 Å². The van der Waals surface area contributed by atoms with E-state index in [-0.39, 0.29) is 11.7 Å². The van der Waals surface area contributed by atoms with Gasteiger partial charge in [0.05, 0.1) is 16.8 Å². The third-order valence-corrected chi connectivity index (χ3v) is 5.25. The third kappa shape index (κ3) is 3.37. The molecule has 0 saturated heterocycles. The van der Waals surface area contributed by atoms with Crippen LogP contribution in [0, 0.1) is 0 Å². The number of thiophene rings is 2. The normalized spacial score (nSPS) is 10.5. The standard InChI is InChI=1S/C17H12ClNO2S2/c1-10(20)15-14(19-17(21)12-6-7-22-8-12)9-23-16(15)11-2-4-13(18)5-3-11/h2-9H,1H3,(H,19,21). The van der Waals surface area contributed by atoms with Gasteiger partial charge in [0, 0.05) is 20.7 Å². The van der Waals surface area contributed by atoms with Crippen molar-refractivity contribution in [3.05, 3.63) is 62.6 Å². The molecule has 1 N–H and O–H groups in total. The van der Waals surface area contributed by atoms with Gasteiger partial charge in [-0.2, -0.15) is 11.3 Å². The van der Waals surface area contributed by atoms with E-state index in [0.717, 1.165) is 10.4 Å². The molecule has 23 heavy (non-hydrogen) atoms. The molecule has 3 nitrogen and oxygen atoms in total. The fourth-order valence-corrected chi connectivity index (χ4v) is 4.02. The number of hydrogen-bond acceptors (Lipinski definition) is 4. The van der Waals surface area contributed by atoms with Gasteiger partial charge in [0.25, 0.3) is 5.91 Å². The third-order valence-electron chi connectivity index (χ3n) is 3.28. The molecule has 0 saturated carbocycles. The van der Waals surface area contributed by atoms with Crippen molar-refractivity contribution in [1.82, 2.24) is 0 Å². The molecule has 1 amide bonds. The number of halogens is 1. The molecule has 0 atom stereocenters. The Labute approximate surface area is 146 Å². The van der Waals surface area contributed by atoms with E-state index in [2.05, 4.69) is 5.32 Å². The lowest BCUT2D eigenvalue weighted by Crippen LogP contribution is -2.12. The highest BCUT2D eigenvalue weighted by Gasteiger charge is 2.19. The lowest BCUT2D eigenvalue weighted by atomic mass is 10.1. The van der Waals surface area contributed by atoms with E-state index < -0.39 is 0 Å². The number of nitrogens with one attached hydrogen (secondary N) is 1. The van der Waals surface area contributed by atoms with Gasteiger partial charge in [0.2, 0.25) is 0 Å². The molecule has 6 heteroatoms. The predicted octanol–water partition coefficient (Wildman–Crippen LogP) is 5.58. The van der Waals surface area contributed by atoms with E-state index in [1.165, 1.54) is 29.6 Å². The van der Waals surface area contributed by atoms with E-state index >= 15 is 0 Å². The van der Waals surface area contributed by atoms with Gasteiger partial charge in [-0.15, -0.1) is 11.3 Å². The zero-order valence-corrected chi connectivity index (χ0v) is 14.5. The first-order valence-corrected chi connectivity index (χ1v) is 8.98. The first kappa shape index (κ1) is 15.9. The summed E-state index contributed by atoms with van der Waals surface area (Å²) in [6.45, 7) is 1.50. The van der Waals surface area contributed by atoms with Gasteiger partial charge >= 0.3 is 0 Å². The second-order valence-corrected chi connectivity index (χ2v) is 6.98. The zero-order valence-electron chi connectivity index (χ0n) is 12.1. The monoisotopic (exact) mass is 361 g/mol. The van der Waals surface area contributed by atoms with Crippen LogP contribution in [0.2, 0.25) is 5.02 Å². The smallest absolute Gasteiger partial charge is 0.256 e. The van der Waals surface area contributed by atoms with Crippen LogP contribution in [0.1, 0.15) is 27.6 Å². The Kier molecular flexibility index (Phi) is 4.61. The Morgan fingerprint density at radius 3 is 2.43 bits per heavy atom. The number of ketones is 1. The van der Waals surface area contributed by atoms with Crippen molar-refractivity contribution in [2.75, 3.05) is 5.32 Å². The van der Waals surface area contributed by atoms with Gasteiger partial charge in [0.15, 0.2) is 5.78 Å². The fraction of sp³-hybridized carbons (Fsp3) is 0.0588.